The van der Waals surface area contributed by atoms with E-state index in [1.165, 1.54) is 37.9 Å². The lowest BCUT2D eigenvalue weighted by Gasteiger charge is -2.21. The number of nitrogens with zero attached hydrogens (tertiary/aromatic N) is 3. The Morgan fingerprint density at radius 3 is 2.61 bits per heavy atom. The zero-order valence-electron chi connectivity index (χ0n) is 13.3. The van der Waals surface area contributed by atoms with Crippen molar-refractivity contribution in [1.82, 2.24) is 14.8 Å². The highest BCUT2D eigenvalue weighted by Gasteiger charge is 2.22. The summed E-state index contributed by atoms with van der Waals surface area (Å²) < 4.78 is 2.28. The third kappa shape index (κ3) is 4.04. The van der Waals surface area contributed by atoms with Crippen molar-refractivity contribution in [2.45, 2.75) is 62.4 Å². The van der Waals surface area contributed by atoms with Crippen LogP contribution in [0.15, 0.2) is 23.4 Å². The summed E-state index contributed by atoms with van der Waals surface area (Å²) in [5.41, 5.74) is 1.15. The Labute approximate surface area is 151 Å². The molecule has 1 saturated carbocycles. The molecule has 3 nitrogen and oxygen atoms in total. The number of benzene rings is 1. The van der Waals surface area contributed by atoms with Gasteiger partial charge in [0.2, 0.25) is 0 Å². The highest BCUT2D eigenvalue weighted by molar-refractivity contribution is 7.98. The Balaban J connectivity index is 1.72. The van der Waals surface area contributed by atoms with Crippen LogP contribution < -0.4 is 0 Å². The molecule has 0 spiro atoms. The van der Waals surface area contributed by atoms with E-state index in [1.807, 2.05) is 18.2 Å². The van der Waals surface area contributed by atoms with Gasteiger partial charge in [0.25, 0.3) is 0 Å². The van der Waals surface area contributed by atoms with Crippen LogP contribution in [0, 0.1) is 0 Å². The zero-order chi connectivity index (χ0) is 16.2. The van der Waals surface area contributed by atoms with E-state index >= 15 is 0 Å². The van der Waals surface area contributed by atoms with E-state index in [1.54, 1.807) is 11.8 Å². The van der Waals surface area contributed by atoms with Crippen molar-refractivity contribution in [1.29, 1.82) is 0 Å². The van der Waals surface area contributed by atoms with Gasteiger partial charge in [-0.05, 0) is 37.5 Å². The number of halogens is 2. The predicted octanol–water partition coefficient (Wildman–Crippen LogP) is 5.94. The molecular weight excluding hydrogens is 349 g/mol. The molecule has 3 rings (SSSR count). The Morgan fingerprint density at radius 1 is 1.13 bits per heavy atom. The summed E-state index contributed by atoms with van der Waals surface area (Å²) in [6.45, 7) is 3.08. The molecule has 1 aliphatic carbocycles. The smallest absolute Gasteiger partial charge is 0.191 e. The Kier molecular flexibility index (Phi) is 5.89. The third-order valence-corrected chi connectivity index (χ3v) is 6.16. The molecule has 0 bridgehead atoms. The molecule has 0 N–H and O–H groups in total. The normalized spacial score (nSPS) is 16.0. The lowest BCUT2D eigenvalue weighted by molar-refractivity contribution is 0.413. The van der Waals surface area contributed by atoms with Crippen LogP contribution in [0.4, 0.5) is 0 Å². The molecule has 1 aromatic carbocycles. The number of hydrogen-bond donors (Lipinski definition) is 0. The standard InChI is InChI=1S/C17H21Cl2N3S/c1-2-22-16(13-6-4-3-5-7-13)20-21-17(22)23-11-12-8-9-14(18)15(19)10-12/h8-10,13H,2-7,11H2,1H3. The van der Waals surface area contributed by atoms with Gasteiger partial charge in [-0.2, -0.15) is 0 Å². The van der Waals surface area contributed by atoms with Crippen molar-refractivity contribution in [2.75, 3.05) is 0 Å². The maximum atomic E-state index is 6.09. The summed E-state index contributed by atoms with van der Waals surface area (Å²) in [5, 5.41) is 11.1. The van der Waals surface area contributed by atoms with Gasteiger partial charge >= 0.3 is 0 Å². The van der Waals surface area contributed by atoms with Gasteiger partial charge in [0.05, 0.1) is 10.0 Å². The first-order valence-corrected chi connectivity index (χ1v) is 9.93. The van der Waals surface area contributed by atoms with Crippen molar-refractivity contribution in [3.63, 3.8) is 0 Å². The molecule has 0 atom stereocenters. The second-order valence-corrected chi connectivity index (χ2v) is 7.71. The number of rotatable bonds is 5. The molecular formula is C17H21Cl2N3S. The van der Waals surface area contributed by atoms with E-state index < -0.39 is 0 Å². The van der Waals surface area contributed by atoms with Crippen molar-refractivity contribution < 1.29 is 0 Å². The molecule has 0 unspecified atom stereocenters. The second kappa shape index (κ2) is 7.91. The molecule has 124 valence electrons. The van der Waals surface area contributed by atoms with Gasteiger partial charge in [0.15, 0.2) is 5.16 Å². The van der Waals surface area contributed by atoms with E-state index in [0.29, 0.717) is 16.0 Å². The maximum absolute atomic E-state index is 6.09. The van der Waals surface area contributed by atoms with E-state index in [2.05, 4.69) is 21.7 Å². The zero-order valence-corrected chi connectivity index (χ0v) is 15.6. The van der Waals surface area contributed by atoms with Crippen LogP contribution in [0.3, 0.4) is 0 Å². The van der Waals surface area contributed by atoms with Gasteiger partial charge in [-0.3, -0.25) is 0 Å². The van der Waals surface area contributed by atoms with Crippen LogP contribution in [0.5, 0.6) is 0 Å². The highest BCUT2D eigenvalue weighted by Crippen LogP contribution is 2.34. The first-order chi connectivity index (χ1) is 11.2. The van der Waals surface area contributed by atoms with Gasteiger partial charge < -0.3 is 4.57 Å². The molecule has 1 fully saturated rings. The van der Waals surface area contributed by atoms with Crippen molar-refractivity contribution >= 4 is 35.0 Å². The molecule has 1 heterocycles. The Bertz CT molecular complexity index is 666. The fourth-order valence-corrected chi connectivity index (χ4v) is 4.42. The first kappa shape index (κ1) is 17.1. The monoisotopic (exact) mass is 369 g/mol. The van der Waals surface area contributed by atoms with E-state index in [4.69, 9.17) is 23.2 Å². The molecule has 1 aromatic heterocycles. The lowest BCUT2D eigenvalue weighted by Crippen LogP contribution is -2.12. The summed E-state index contributed by atoms with van der Waals surface area (Å²) in [6, 6.07) is 5.78. The van der Waals surface area contributed by atoms with Crippen molar-refractivity contribution in [2.24, 2.45) is 0 Å². The van der Waals surface area contributed by atoms with Crippen LogP contribution in [-0.2, 0) is 12.3 Å². The van der Waals surface area contributed by atoms with Gasteiger partial charge in [0, 0.05) is 18.2 Å². The summed E-state index contributed by atoms with van der Waals surface area (Å²) in [6.07, 6.45) is 6.47. The van der Waals surface area contributed by atoms with Crippen LogP contribution in [-0.4, -0.2) is 14.8 Å². The second-order valence-electron chi connectivity index (χ2n) is 5.96. The van der Waals surface area contributed by atoms with Gasteiger partial charge in [-0.25, -0.2) is 0 Å². The van der Waals surface area contributed by atoms with Crippen LogP contribution in [0.2, 0.25) is 10.0 Å². The Morgan fingerprint density at radius 2 is 1.91 bits per heavy atom. The quantitative estimate of drug-likeness (QED) is 0.610. The number of hydrogen-bond acceptors (Lipinski definition) is 3. The predicted molar refractivity (Wildman–Crippen MR) is 97.5 cm³/mol. The summed E-state index contributed by atoms with van der Waals surface area (Å²) >= 11 is 13.8. The summed E-state index contributed by atoms with van der Waals surface area (Å²) in [5.74, 6) is 2.57. The topological polar surface area (TPSA) is 30.7 Å². The Hall–Kier alpha value is -0.710. The molecule has 0 amide bonds. The summed E-state index contributed by atoms with van der Waals surface area (Å²) in [7, 11) is 0. The van der Waals surface area contributed by atoms with Crippen LogP contribution in [0.25, 0.3) is 0 Å². The molecule has 0 aliphatic heterocycles. The van der Waals surface area contributed by atoms with Gasteiger partial charge in [-0.1, -0.05) is 60.3 Å². The largest absolute Gasteiger partial charge is 0.306 e. The van der Waals surface area contributed by atoms with Crippen molar-refractivity contribution in [3.8, 4) is 0 Å². The fourth-order valence-electron chi connectivity index (χ4n) is 3.14. The molecule has 23 heavy (non-hydrogen) atoms. The van der Waals surface area contributed by atoms with Gasteiger partial charge in [-0.15, -0.1) is 10.2 Å². The first-order valence-electron chi connectivity index (χ1n) is 8.19. The average molecular weight is 370 g/mol. The van der Waals surface area contributed by atoms with Crippen LogP contribution in [0.1, 0.15) is 56.3 Å². The SMILES string of the molecule is CCn1c(SCc2ccc(Cl)c(Cl)c2)nnc1C1CCCCC1. The highest BCUT2D eigenvalue weighted by atomic mass is 35.5. The van der Waals surface area contributed by atoms with Gasteiger partial charge in [0.1, 0.15) is 5.82 Å². The van der Waals surface area contributed by atoms with Crippen LogP contribution >= 0.6 is 35.0 Å². The maximum Gasteiger partial charge on any atom is 0.191 e. The molecule has 2 aromatic rings. The minimum Gasteiger partial charge on any atom is -0.306 e. The van der Waals surface area contributed by atoms with E-state index in [9.17, 15) is 0 Å². The minimum absolute atomic E-state index is 0.579. The fraction of sp³-hybridized carbons (Fsp3) is 0.529. The van der Waals surface area contributed by atoms with E-state index in [-0.39, 0.29) is 0 Å². The average Bonchev–Trinajstić information content (AvgIpc) is 2.99. The lowest BCUT2D eigenvalue weighted by atomic mass is 9.89. The summed E-state index contributed by atoms with van der Waals surface area (Å²) in [4.78, 5) is 0. The molecule has 0 saturated heterocycles. The molecule has 0 radical (unpaired) electrons. The molecule has 1 aliphatic rings. The molecule has 6 heteroatoms. The van der Waals surface area contributed by atoms with Crippen molar-refractivity contribution in [3.05, 3.63) is 39.6 Å². The third-order valence-electron chi connectivity index (χ3n) is 4.38. The number of thioether (sulfide) groups is 1. The number of aromatic nitrogens is 3. The van der Waals surface area contributed by atoms with E-state index in [0.717, 1.165) is 23.0 Å². The minimum atomic E-state index is 0.579.